The van der Waals surface area contributed by atoms with Crippen LogP contribution in [0.3, 0.4) is 0 Å². The van der Waals surface area contributed by atoms with Gasteiger partial charge in [0.05, 0.1) is 6.42 Å². The van der Waals surface area contributed by atoms with Gasteiger partial charge < -0.3 is 5.32 Å². The van der Waals surface area contributed by atoms with E-state index in [1.807, 2.05) is 30.3 Å². The minimum Gasteiger partial charge on any atom is -0.354 e. The standard InChI is InChI=1S/C20H18FNO3S2/c21-17-10-8-16(9-11-17)18(27(24,25)20-7-4-12-26-20)14-22-19(23)13-15-5-2-1-3-6-15/h1-12,18H,13-14H2,(H,22,23)/t18-/m0/s1. The zero-order chi connectivity index (χ0) is 19.3. The monoisotopic (exact) mass is 403 g/mol. The molecule has 4 nitrogen and oxygen atoms in total. The van der Waals surface area contributed by atoms with Crippen molar-refractivity contribution in [2.24, 2.45) is 0 Å². The molecule has 2 aromatic carbocycles. The Balaban J connectivity index is 1.80. The second kappa shape index (κ2) is 8.45. The summed E-state index contributed by atoms with van der Waals surface area (Å²) in [5.41, 5.74) is 1.28. The molecule has 7 heteroatoms. The summed E-state index contributed by atoms with van der Waals surface area (Å²) in [6.07, 6.45) is 0.163. The molecule has 0 aliphatic heterocycles. The Kier molecular flexibility index (Phi) is 6.03. The van der Waals surface area contributed by atoms with Crippen LogP contribution in [0.1, 0.15) is 16.4 Å². The van der Waals surface area contributed by atoms with E-state index in [2.05, 4.69) is 5.32 Å². The van der Waals surface area contributed by atoms with Gasteiger partial charge in [0.25, 0.3) is 0 Å². The third-order valence-electron chi connectivity index (χ3n) is 4.08. The molecule has 0 bridgehead atoms. The van der Waals surface area contributed by atoms with Gasteiger partial charge in [-0.2, -0.15) is 0 Å². The lowest BCUT2D eigenvalue weighted by atomic mass is 10.1. The minimum absolute atomic E-state index is 0.0858. The first-order chi connectivity index (χ1) is 13.0. The fourth-order valence-electron chi connectivity index (χ4n) is 2.70. The molecule has 0 saturated carbocycles. The molecule has 0 aliphatic rings. The predicted molar refractivity (Wildman–Crippen MR) is 104 cm³/mol. The molecule has 0 fully saturated rings. The van der Waals surface area contributed by atoms with Gasteiger partial charge in [-0.15, -0.1) is 11.3 Å². The highest BCUT2D eigenvalue weighted by Gasteiger charge is 2.30. The molecule has 1 N–H and O–H groups in total. The van der Waals surface area contributed by atoms with Crippen LogP contribution in [0.15, 0.2) is 76.3 Å². The van der Waals surface area contributed by atoms with Gasteiger partial charge in [-0.25, -0.2) is 12.8 Å². The molecule has 1 aromatic heterocycles. The molecule has 3 aromatic rings. The molecule has 140 valence electrons. The SMILES string of the molecule is O=C(Cc1ccccc1)NC[C@@H](c1ccc(F)cc1)S(=O)(=O)c1cccs1. The summed E-state index contributed by atoms with van der Waals surface area (Å²) < 4.78 is 39.5. The number of thiophene rings is 1. The molecule has 1 atom stereocenters. The summed E-state index contributed by atoms with van der Waals surface area (Å²) in [4.78, 5) is 12.3. The van der Waals surface area contributed by atoms with Crippen molar-refractivity contribution in [3.63, 3.8) is 0 Å². The fraction of sp³-hybridized carbons (Fsp3) is 0.150. The topological polar surface area (TPSA) is 63.2 Å². The van der Waals surface area contributed by atoms with E-state index in [-0.39, 0.29) is 23.1 Å². The second-order valence-electron chi connectivity index (χ2n) is 5.98. The van der Waals surface area contributed by atoms with Crippen LogP contribution in [0.25, 0.3) is 0 Å². The quantitative estimate of drug-likeness (QED) is 0.653. The number of benzene rings is 2. The highest BCUT2D eigenvalue weighted by molar-refractivity contribution is 7.93. The molecule has 0 aliphatic carbocycles. The van der Waals surface area contributed by atoms with Crippen LogP contribution in [0.2, 0.25) is 0 Å². The molecular weight excluding hydrogens is 385 g/mol. The first-order valence-corrected chi connectivity index (χ1v) is 10.7. The molecule has 1 amide bonds. The maximum Gasteiger partial charge on any atom is 0.224 e. The highest BCUT2D eigenvalue weighted by Crippen LogP contribution is 2.31. The Morgan fingerprint density at radius 3 is 2.33 bits per heavy atom. The van der Waals surface area contributed by atoms with E-state index in [4.69, 9.17) is 0 Å². The van der Waals surface area contributed by atoms with Crippen molar-refractivity contribution >= 4 is 27.1 Å². The van der Waals surface area contributed by atoms with Crippen molar-refractivity contribution in [3.05, 3.63) is 89.1 Å². The molecular formula is C20H18FNO3S2. The lowest BCUT2D eigenvalue weighted by molar-refractivity contribution is -0.120. The number of carbonyl (C=O) groups excluding carboxylic acids is 1. The fourth-order valence-corrected chi connectivity index (χ4v) is 5.57. The van der Waals surface area contributed by atoms with Crippen LogP contribution in [-0.4, -0.2) is 20.9 Å². The number of rotatable bonds is 7. The lowest BCUT2D eigenvalue weighted by Gasteiger charge is -2.18. The summed E-state index contributed by atoms with van der Waals surface area (Å²) in [6.45, 7) is -0.0858. The van der Waals surface area contributed by atoms with Gasteiger partial charge in [-0.05, 0) is 34.7 Å². The highest BCUT2D eigenvalue weighted by atomic mass is 32.2. The number of halogens is 1. The van der Waals surface area contributed by atoms with E-state index < -0.39 is 20.9 Å². The molecule has 0 unspecified atom stereocenters. The van der Waals surface area contributed by atoms with Crippen LogP contribution in [0.4, 0.5) is 4.39 Å². The number of hydrogen-bond acceptors (Lipinski definition) is 4. The van der Waals surface area contributed by atoms with E-state index in [0.717, 1.165) is 16.9 Å². The third kappa shape index (κ3) is 4.81. The molecule has 0 radical (unpaired) electrons. The van der Waals surface area contributed by atoms with Gasteiger partial charge in [0.15, 0.2) is 9.84 Å². The smallest absolute Gasteiger partial charge is 0.224 e. The van der Waals surface area contributed by atoms with Crippen molar-refractivity contribution < 1.29 is 17.6 Å². The summed E-state index contributed by atoms with van der Waals surface area (Å²) in [5.74, 6) is -0.714. The van der Waals surface area contributed by atoms with Gasteiger partial charge in [-0.1, -0.05) is 48.5 Å². The van der Waals surface area contributed by atoms with Crippen molar-refractivity contribution in [2.75, 3.05) is 6.54 Å². The second-order valence-corrected chi connectivity index (χ2v) is 9.29. The number of hydrogen-bond donors (Lipinski definition) is 1. The average Bonchev–Trinajstić information content (AvgIpc) is 3.20. The maximum absolute atomic E-state index is 13.3. The van der Waals surface area contributed by atoms with Crippen LogP contribution in [0, 0.1) is 5.82 Å². The van der Waals surface area contributed by atoms with E-state index in [1.54, 1.807) is 11.4 Å². The molecule has 27 heavy (non-hydrogen) atoms. The van der Waals surface area contributed by atoms with E-state index in [9.17, 15) is 17.6 Å². The van der Waals surface area contributed by atoms with Crippen molar-refractivity contribution in [2.45, 2.75) is 15.9 Å². The Morgan fingerprint density at radius 1 is 1.00 bits per heavy atom. The Labute approximate surface area is 161 Å². The summed E-state index contributed by atoms with van der Waals surface area (Å²) in [5, 5.41) is 3.40. The van der Waals surface area contributed by atoms with Crippen molar-refractivity contribution in [1.29, 1.82) is 0 Å². The Bertz CT molecular complexity index is 985. The van der Waals surface area contributed by atoms with E-state index in [0.29, 0.717) is 5.56 Å². The zero-order valence-corrected chi connectivity index (χ0v) is 16.0. The third-order valence-corrected chi connectivity index (χ3v) is 7.62. The lowest BCUT2D eigenvalue weighted by Crippen LogP contribution is -2.32. The van der Waals surface area contributed by atoms with Gasteiger partial charge in [0, 0.05) is 6.54 Å². The first kappa shape index (κ1) is 19.3. The molecule has 1 heterocycles. The van der Waals surface area contributed by atoms with E-state index >= 15 is 0 Å². The average molecular weight is 404 g/mol. The van der Waals surface area contributed by atoms with Crippen molar-refractivity contribution in [3.8, 4) is 0 Å². The maximum atomic E-state index is 13.3. The van der Waals surface area contributed by atoms with Crippen LogP contribution in [0.5, 0.6) is 0 Å². The van der Waals surface area contributed by atoms with Gasteiger partial charge in [-0.3, -0.25) is 4.79 Å². The number of sulfone groups is 1. The number of carbonyl (C=O) groups is 1. The summed E-state index contributed by atoms with van der Waals surface area (Å²) >= 11 is 1.12. The van der Waals surface area contributed by atoms with Gasteiger partial charge in [0.2, 0.25) is 5.91 Å². The first-order valence-electron chi connectivity index (χ1n) is 8.30. The van der Waals surface area contributed by atoms with Crippen molar-refractivity contribution in [1.82, 2.24) is 5.32 Å². The summed E-state index contributed by atoms with van der Waals surface area (Å²) in [6, 6.07) is 17.7. The number of nitrogens with one attached hydrogen (secondary N) is 1. The van der Waals surface area contributed by atoms with Gasteiger partial charge in [0.1, 0.15) is 15.3 Å². The van der Waals surface area contributed by atoms with E-state index in [1.165, 1.54) is 30.3 Å². The van der Waals surface area contributed by atoms with Crippen LogP contribution >= 0.6 is 11.3 Å². The van der Waals surface area contributed by atoms with Crippen LogP contribution in [-0.2, 0) is 21.1 Å². The zero-order valence-electron chi connectivity index (χ0n) is 14.3. The number of amides is 1. The molecule has 3 rings (SSSR count). The summed E-state index contributed by atoms with van der Waals surface area (Å²) in [7, 11) is -3.71. The molecule has 0 spiro atoms. The molecule has 0 saturated heterocycles. The Morgan fingerprint density at radius 2 is 1.70 bits per heavy atom. The van der Waals surface area contributed by atoms with Gasteiger partial charge >= 0.3 is 0 Å². The normalized spacial score (nSPS) is 12.5. The predicted octanol–water partition coefficient (Wildman–Crippen LogP) is 3.76. The minimum atomic E-state index is -3.71. The van der Waals surface area contributed by atoms with Crippen LogP contribution < -0.4 is 5.32 Å². The largest absolute Gasteiger partial charge is 0.354 e. The Hall–Kier alpha value is -2.51.